The first-order valence-corrected chi connectivity index (χ1v) is 12.2. The standard InChI is InChI=1S/C25H39N3O9/c1-3-4-7-20(29)8-5-13-35-17-22(31)10-11-23(32)27-12-15-37-19-25(34)28-16-21(30)9-6-14-36-18-24(33)26-2/h1H,4-19H2,2H3,(H,26,33)(H,27,32)(H,28,34). The third kappa shape index (κ3) is 23.0. The molecule has 0 bridgehead atoms. The van der Waals surface area contributed by atoms with Gasteiger partial charge in [-0.25, -0.2) is 0 Å². The van der Waals surface area contributed by atoms with Gasteiger partial charge in [-0.2, -0.15) is 0 Å². The van der Waals surface area contributed by atoms with E-state index in [0.29, 0.717) is 32.1 Å². The molecule has 37 heavy (non-hydrogen) atoms. The first kappa shape index (κ1) is 33.9. The van der Waals surface area contributed by atoms with Crippen molar-refractivity contribution < 1.29 is 43.0 Å². The van der Waals surface area contributed by atoms with Gasteiger partial charge in [-0.1, -0.05) is 0 Å². The Balaban J connectivity index is 3.62. The van der Waals surface area contributed by atoms with Gasteiger partial charge >= 0.3 is 0 Å². The van der Waals surface area contributed by atoms with Crippen LogP contribution in [0.1, 0.15) is 51.4 Å². The number of hydrogen-bond donors (Lipinski definition) is 3. The van der Waals surface area contributed by atoms with Gasteiger partial charge in [0.1, 0.15) is 25.6 Å². The van der Waals surface area contributed by atoms with E-state index in [4.69, 9.17) is 20.6 Å². The molecular weight excluding hydrogens is 486 g/mol. The van der Waals surface area contributed by atoms with Crippen LogP contribution in [-0.4, -0.2) is 94.8 Å². The molecule has 0 heterocycles. The quantitative estimate of drug-likeness (QED) is 0.111. The zero-order valence-electron chi connectivity index (χ0n) is 21.6. The van der Waals surface area contributed by atoms with Crippen LogP contribution in [-0.2, 0) is 43.0 Å². The summed E-state index contributed by atoms with van der Waals surface area (Å²) in [6.07, 6.45) is 7.44. The van der Waals surface area contributed by atoms with Gasteiger partial charge in [-0.15, -0.1) is 12.3 Å². The molecule has 0 aromatic heterocycles. The average Bonchev–Trinajstić information content (AvgIpc) is 2.88. The van der Waals surface area contributed by atoms with Crippen LogP contribution in [0.4, 0.5) is 0 Å². The van der Waals surface area contributed by atoms with Crippen molar-refractivity contribution in [2.75, 3.05) is 59.8 Å². The number of carbonyl (C=O) groups excluding carboxylic acids is 6. The van der Waals surface area contributed by atoms with Crippen LogP contribution in [0.3, 0.4) is 0 Å². The van der Waals surface area contributed by atoms with Crippen molar-refractivity contribution in [2.45, 2.75) is 51.4 Å². The predicted molar refractivity (Wildman–Crippen MR) is 133 cm³/mol. The maximum atomic E-state index is 11.8. The van der Waals surface area contributed by atoms with Crippen LogP contribution in [0.15, 0.2) is 0 Å². The van der Waals surface area contributed by atoms with Crippen molar-refractivity contribution in [1.82, 2.24) is 16.0 Å². The first-order valence-electron chi connectivity index (χ1n) is 12.2. The summed E-state index contributed by atoms with van der Waals surface area (Å²) in [5, 5.41) is 7.44. The van der Waals surface area contributed by atoms with Crippen molar-refractivity contribution in [1.29, 1.82) is 0 Å². The Morgan fingerprint density at radius 3 is 1.95 bits per heavy atom. The van der Waals surface area contributed by atoms with E-state index in [1.165, 1.54) is 7.05 Å². The third-order valence-corrected chi connectivity index (χ3v) is 4.73. The Labute approximate surface area is 217 Å². The van der Waals surface area contributed by atoms with Crippen LogP contribution < -0.4 is 16.0 Å². The smallest absolute Gasteiger partial charge is 0.246 e. The molecule has 0 unspecified atom stereocenters. The zero-order valence-corrected chi connectivity index (χ0v) is 21.6. The summed E-state index contributed by atoms with van der Waals surface area (Å²) in [4.78, 5) is 69.4. The molecule has 0 saturated carbocycles. The maximum absolute atomic E-state index is 11.8. The summed E-state index contributed by atoms with van der Waals surface area (Å²) in [5.74, 6) is 1.06. The van der Waals surface area contributed by atoms with Gasteiger partial charge < -0.3 is 30.2 Å². The Morgan fingerprint density at radius 2 is 1.27 bits per heavy atom. The molecule has 208 valence electrons. The highest BCUT2D eigenvalue weighted by atomic mass is 16.5. The number of carbonyl (C=O) groups is 6. The normalized spacial score (nSPS) is 10.3. The number of Topliss-reactive ketones (excluding diaryl/α,β-unsaturated/α-hetero) is 3. The van der Waals surface area contributed by atoms with Crippen LogP contribution in [0.5, 0.6) is 0 Å². The van der Waals surface area contributed by atoms with Gasteiger partial charge in [0.05, 0.1) is 13.2 Å². The highest BCUT2D eigenvalue weighted by molar-refractivity contribution is 5.86. The predicted octanol–water partition coefficient (Wildman–Crippen LogP) is -0.524. The average molecular weight is 526 g/mol. The molecular formula is C25H39N3O9. The number of ketones is 3. The summed E-state index contributed by atoms with van der Waals surface area (Å²) < 4.78 is 15.5. The van der Waals surface area contributed by atoms with Crippen molar-refractivity contribution in [3.05, 3.63) is 0 Å². The SMILES string of the molecule is C#CCCC(=O)CCCOCC(=O)CCC(=O)NCCOCC(=O)NCC(=O)CCCOCC(=O)NC. The monoisotopic (exact) mass is 525 g/mol. The van der Waals surface area contributed by atoms with E-state index in [1.807, 2.05) is 0 Å². The van der Waals surface area contributed by atoms with Crippen LogP contribution in [0, 0.1) is 12.3 Å². The van der Waals surface area contributed by atoms with E-state index in [2.05, 4.69) is 21.9 Å². The molecule has 0 aliphatic rings. The van der Waals surface area contributed by atoms with E-state index in [-0.39, 0.29) is 101 Å². The summed E-state index contributed by atoms with van der Waals surface area (Å²) in [7, 11) is 1.50. The van der Waals surface area contributed by atoms with Gasteiger partial charge in [0.2, 0.25) is 17.7 Å². The topological polar surface area (TPSA) is 166 Å². The van der Waals surface area contributed by atoms with Crippen molar-refractivity contribution >= 4 is 35.1 Å². The van der Waals surface area contributed by atoms with Crippen LogP contribution >= 0.6 is 0 Å². The number of ether oxygens (including phenoxy) is 3. The van der Waals surface area contributed by atoms with Gasteiger partial charge in [-0.05, 0) is 12.8 Å². The maximum Gasteiger partial charge on any atom is 0.246 e. The second kappa shape index (κ2) is 23.3. The summed E-state index contributed by atoms with van der Waals surface area (Å²) in [5.41, 5.74) is 0. The molecule has 0 spiro atoms. The zero-order chi connectivity index (χ0) is 27.7. The molecule has 12 nitrogen and oxygen atoms in total. The molecule has 0 saturated heterocycles. The Hall–Kier alpha value is -3.14. The van der Waals surface area contributed by atoms with E-state index < -0.39 is 5.91 Å². The lowest BCUT2D eigenvalue weighted by atomic mass is 10.1. The van der Waals surface area contributed by atoms with Crippen molar-refractivity contribution in [3.8, 4) is 12.3 Å². The number of terminal acetylenes is 1. The lowest BCUT2D eigenvalue weighted by molar-refractivity contribution is -0.129. The number of likely N-dealkylation sites (N-methyl/N-ethyl adjacent to an activating group) is 1. The molecule has 0 atom stereocenters. The highest BCUT2D eigenvalue weighted by Gasteiger charge is 2.09. The number of nitrogens with one attached hydrogen (secondary N) is 3. The third-order valence-electron chi connectivity index (χ3n) is 4.73. The number of amides is 3. The van der Waals surface area contributed by atoms with Gasteiger partial charge in [0.25, 0.3) is 0 Å². The molecule has 0 aromatic carbocycles. The van der Waals surface area contributed by atoms with E-state index in [1.54, 1.807) is 0 Å². The fraction of sp³-hybridized carbons (Fsp3) is 0.680. The molecule has 0 radical (unpaired) electrons. The minimum Gasteiger partial charge on any atom is -0.374 e. The van der Waals surface area contributed by atoms with E-state index >= 15 is 0 Å². The molecule has 3 amide bonds. The minimum absolute atomic E-state index is 0.00616. The Morgan fingerprint density at radius 1 is 0.649 bits per heavy atom. The highest BCUT2D eigenvalue weighted by Crippen LogP contribution is 1.99. The van der Waals surface area contributed by atoms with Crippen molar-refractivity contribution in [2.24, 2.45) is 0 Å². The van der Waals surface area contributed by atoms with E-state index in [9.17, 15) is 28.8 Å². The molecule has 0 aliphatic carbocycles. The van der Waals surface area contributed by atoms with Gasteiger partial charge in [0.15, 0.2) is 11.6 Å². The fourth-order valence-corrected chi connectivity index (χ4v) is 2.68. The second-order valence-electron chi connectivity index (χ2n) is 7.98. The molecule has 12 heteroatoms. The van der Waals surface area contributed by atoms with Crippen LogP contribution in [0.25, 0.3) is 0 Å². The summed E-state index contributed by atoms with van der Waals surface area (Å²) >= 11 is 0. The Bertz CT molecular complexity index is 778. The largest absolute Gasteiger partial charge is 0.374 e. The molecule has 0 aromatic rings. The molecule has 0 aliphatic heterocycles. The second-order valence-corrected chi connectivity index (χ2v) is 7.98. The lowest BCUT2D eigenvalue weighted by Gasteiger charge is -2.08. The van der Waals surface area contributed by atoms with Crippen molar-refractivity contribution in [3.63, 3.8) is 0 Å². The number of rotatable bonds is 24. The lowest BCUT2D eigenvalue weighted by Crippen LogP contribution is -2.34. The Kier molecular flexibility index (Phi) is 21.3. The van der Waals surface area contributed by atoms with Gasteiger partial charge in [0, 0.05) is 65.3 Å². The van der Waals surface area contributed by atoms with Crippen LogP contribution in [0.2, 0.25) is 0 Å². The molecule has 0 rings (SSSR count). The first-order chi connectivity index (χ1) is 17.8. The molecule has 0 fully saturated rings. The van der Waals surface area contributed by atoms with Gasteiger partial charge in [-0.3, -0.25) is 28.8 Å². The molecule has 3 N–H and O–H groups in total. The fourth-order valence-electron chi connectivity index (χ4n) is 2.68. The summed E-state index contributed by atoms with van der Waals surface area (Å²) in [6.45, 7) is 0.243. The minimum atomic E-state index is -0.460. The number of hydrogen-bond acceptors (Lipinski definition) is 9. The summed E-state index contributed by atoms with van der Waals surface area (Å²) in [6, 6.07) is 0. The van der Waals surface area contributed by atoms with E-state index in [0.717, 1.165) is 0 Å².